The number of para-hydroxylation sites is 8. The molecule has 8 nitrogen and oxygen atoms in total. The minimum atomic E-state index is 0.687. The van der Waals surface area contributed by atoms with Crippen molar-refractivity contribution in [3.8, 4) is 134 Å². The molecule has 106 heavy (non-hydrogen) atoms. The van der Waals surface area contributed by atoms with Gasteiger partial charge in [-0.3, -0.25) is 0 Å². The van der Waals surface area contributed by atoms with Crippen LogP contribution >= 0.6 is 0 Å². The maximum atomic E-state index is 6.61. The minimum Gasteiger partial charge on any atom is -0.455 e. The van der Waals surface area contributed by atoms with Crippen molar-refractivity contribution < 1.29 is 18.0 Å². The number of rotatable bonds is 13. The van der Waals surface area contributed by atoms with Gasteiger partial charge in [-0.1, -0.05) is 291 Å². The molecule has 0 fully saturated rings. The van der Waals surface area contributed by atoms with Gasteiger partial charge in [-0.05, 0) is 149 Å². The van der Waals surface area contributed by atoms with Gasteiger partial charge in [0.15, 0.2) is 5.82 Å². The Morgan fingerprint density at radius 2 is 0.613 bits per heavy atom. The molecule has 8 heteroatoms. The zero-order chi connectivity index (χ0) is 70.3. The first kappa shape index (κ1) is 61.8. The van der Waals surface area contributed by atoms with Crippen LogP contribution in [0.3, 0.4) is 0 Å². The summed E-state index contributed by atoms with van der Waals surface area (Å²) in [6.45, 7) is 0. The van der Waals surface area contributed by atoms with E-state index in [9.17, 15) is 0 Å². The number of hydrogen-bond donors (Lipinski definition) is 0. The Morgan fingerprint density at radius 3 is 1.17 bits per heavy atom. The Bertz CT molecular complexity index is 6820. The summed E-state index contributed by atoms with van der Waals surface area (Å²) in [5, 5.41) is 4.43. The van der Waals surface area contributed by atoms with Gasteiger partial charge in [0.05, 0.1) is 47.5 Å². The Morgan fingerprint density at radius 1 is 0.255 bits per heavy atom. The first-order chi connectivity index (χ1) is 52.3. The van der Waals surface area contributed by atoms with Crippen LogP contribution in [0.2, 0.25) is 0 Å². The predicted octanol–water partition coefficient (Wildman–Crippen LogP) is 23.7. The summed E-state index contributed by atoms with van der Waals surface area (Å²) >= 11 is 0. The zero-order valence-corrected chi connectivity index (χ0v) is 58.0. The van der Waals surface area contributed by atoms with Gasteiger partial charge in [-0.2, -0.15) is 0 Å². The van der Waals surface area contributed by atoms with Gasteiger partial charge in [-0.15, -0.1) is 0 Å². The number of aromatic nitrogens is 6. The van der Waals surface area contributed by atoms with Crippen molar-refractivity contribution in [2.24, 2.45) is 14.1 Å². The molecule has 5 heterocycles. The molecule has 0 aliphatic carbocycles. The van der Waals surface area contributed by atoms with Crippen molar-refractivity contribution in [2.45, 2.75) is 0 Å². The van der Waals surface area contributed by atoms with E-state index in [-0.39, 0.29) is 0 Å². The quantitative estimate of drug-likeness (QED) is 0.0852. The fraction of sp³-hybridized carbons (Fsp3) is 0.0204. The first-order valence-electron chi connectivity index (χ1n) is 35.8. The predicted molar refractivity (Wildman–Crippen MR) is 430 cm³/mol. The van der Waals surface area contributed by atoms with Crippen LogP contribution in [-0.4, -0.2) is 19.1 Å². The molecule has 0 aliphatic heterocycles. The highest BCUT2D eigenvalue weighted by molar-refractivity contribution is 6.11. The fourth-order valence-corrected chi connectivity index (χ4v) is 15.9. The molecule has 0 saturated heterocycles. The summed E-state index contributed by atoms with van der Waals surface area (Å²) in [6, 6.07) is 123. The topological polar surface area (TPSA) is 69.7 Å². The lowest BCUT2D eigenvalue weighted by molar-refractivity contribution is -0.649. The molecular weight excluding hydrogens is 1290 g/mol. The lowest BCUT2D eigenvalue weighted by Crippen LogP contribution is -2.26. The van der Waals surface area contributed by atoms with Gasteiger partial charge in [0.2, 0.25) is 12.7 Å². The number of nitrogens with zero attached hydrogens (tertiary/aromatic N) is 6. The minimum absolute atomic E-state index is 0.687. The summed E-state index contributed by atoms with van der Waals surface area (Å²) in [4.78, 5) is 9.18. The molecule has 20 rings (SSSR count). The van der Waals surface area contributed by atoms with Gasteiger partial charge in [-0.25, -0.2) is 9.97 Å². The van der Waals surface area contributed by atoms with Crippen molar-refractivity contribution in [2.75, 3.05) is 0 Å². The largest absolute Gasteiger partial charge is 0.455 e. The van der Waals surface area contributed by atoms with Crippen molar-refractivity contribution in [3.05, 3.63) is 365 Å². The van der Waals surface area contributed by atoms with E-state index >= 15 is 0 Å². The first-order valence-corrected chi connectivity index (χ1v) is 35.8. The molecule has 0 atom stereocenters. The molecule has 15 aromatic carbocycles. The van der Waals surface area contributed by atoms with Crippen LogP contribution in [0.1, 0.15) is 0 Å². The van der Waals surface area contributed by atoms with Crippen LogP contribution in [0.15, 0.2) is 361 Å². The molecular formula is C98H64N6O2. The SMILES string of the molecule is C[n+]1[c-]n(-c2ccc(-c3cc(-c4ccc(-c5cccc6c5oc5ccccc56)cc4)ccc3-c3cc(-c4ccccc4-c4ccc(-c5ncccn5)cc4)cc(-c4ccccc4-c4ccc(-n5[c-][n+](C)c6ccccc65)cc4-c4ccc(-c5cccc6c5oc5ccccc56)cc4)c3)cc2)c2ccccc21. The van der Waals surface area contributed by atoms with E-state index in [4.69, 9.17) is 8.83 Å². The molecule has 0 amide bonds. The van der Waals surface area contributed by atoms with E-state index in [2.05, 4.69) is 364 Å². The number of hydrogen-bond acceptors (Lipinski definition) is 4. The normalized spacial score (nSPS) is 11.7. The number of aryl methyl sites for hydroxylation is 2. The van der Waals surface area contributed by atoms with E-state index in [1.165, 1.54) is 0 Å². The zero-order valence-electron chi connectivity index (χ0n) is 58.0. The summed E-state index contributed by atoms with van der Waals surface area (Å²) in [6.07, 6.45) is 10.8. The van der Waals surface area contributed by atoms with Gasteiger partial charge < -0.3 is 27.1 Å². The molecule has 0 unspecified atom stereocenters. The van der Waals surface area contributed by atoms with E-state index in [1.54, 1.807) is 12.4 Å². The van der Waals surface area contributed by atoms with E-state index in [1.807, 2.05) is 30.3 Å². The lowest BCUT2D eigenvalue weighted by atomic mass is 9.84. The van der Waals surface area contributed by atoms with E-state index in [0.29, 0.717) is 5.82 Å². The lowest BCUT2D eigenvalue weighted by Gasteiger charge is -2.20. The van der Waals surface area contributed by atoms with Gasteiger partial charge in [0.1, 0.15) is 22.3 Å². The maximum Gasteiger partial charge on any atom is 0.244 e. The molecule has 0 N–H and O–H groups in total. The second-order valence-electron chi connectivity index (χ2n) is 27.3. The molecule has 5 aromatic heterocycles. The Labute approximate surface area is 612 Å². The van der Waals surface area contributed by atoms with Crippen LogP contribution < -0.4 is 9.13 Å². The number of imidazole rings is 2. The summed E-state index contributed by atoms with van der Waals surface area (Å²) in [5.74, 6) is 0.687. The third-order valence-corrected chi connectivity index (χ3v) is 21.1. The number of fused-ring (bicyclic) bond motifs is 8. The van der Waals surface area contributed by atoms with Crippen LogP contribution in [0.4, 0.5) is 0 Å². The average molecular weight is 1360 g/mol. The molecule has 0 saturated carbocycles. The standard InChI is InChI=1S/C98H64N6O2/c1-101-61-103(92-30-11-9-28-90(92)101)74-49-46-68(47-50-74)88-59-70(63-34-36-65(37-35-63)80-24-15-26-86-84-22-7-13-32-94(84)105-96(80)86)48-52-79(88)73-57-71(77-19-4-3-18-76(77)64-42-44-69(45-43-64)98-99-54-17-55-100-98)56-72(58-73)78-20-5-6-21-82(78)83-53-51-75(104-62-102(2)91-29-10-12-31-93(91)104)60-89(83)67-40-38-66(39-41-67)81-25-16-27-87-85-23-8-14-33-95(85)106-97(81)87/h3-60H,1-2H3. The highest BCUT2D eigenvalue weighted by atomic mass is 16.3. The summed E-state index contributed by atoms with van der Waals surface area (Å²) in [5.41, 5.74) is 32.5. The molecule has 498 valence electrons. The third-order valence-electron chi connectivity index (χ3n) is 21.1. The number of furan rings is 2. The van der Waals surface area contributed by atoms with Crippen LogP contribution in [0, 0.1) is 12.7 Å². The smallest absolute Gasteiger partial charge is 0.244 e. The van der Waals surface area contributed by atoms with Crippen molar-refractivity contribution in [1.82, 2.24) is 19.1 Å². The second kappa shape index (κ2) is 25.5. The highest BCUT2D eigenvalue weighted by Gasteiger charge is 2.22. The van der Waals surface area contributed by atoms with E-state index in [0.717, 1.165) is 194 Å². The third kappa shape index (κ3) is 10.7. The number of benzene rings is 15. The average Bonchev–Trinajstić information content (AvgIpc) is 1.13. The van der Waals surface area contributed by atoms with Crippen LogP contribution in [-0.2, 0) is 14.1 Å². The van der Waals surface area contributed by atoms with Crippen LogP contribution in [0.5, 0.6) is 0 Å². The van der Waals surface area contributed by atoms with Crippen molar-refractivity contribution >= 4 is 65.9 Å². The molecule has 0 aliphatic rings. The molecule has 20 aromatic rings. The van der Waals surface area contributed by atoms with Crippen LogP contribution in [0.25, 0.3) is 200 Å². The summed E-state index contributed by atoms with van der Waals surface area (Å²) < 4.78 is 21.6. The highest BCUT2D eigenvalue weighted by Crippen LogP contribution is 2.47. The van der Waals surface area contributed by atoms with Gasteiger partial charge in [0, 0.05) is 50.6 Å². The molecule has 0 bridgehead atoms. The molecule has 0 radical (unpaired) electrons. The molecule has 0 spiro atoms. The van der Waals surface area contributed by atoms with Crippen molar-refractivity contribution in [3.63, 3.8) is 0 Å². The maximum absolute atomic E-state index is 6.61. The second-order valence-corrected chi connectivity index (χ2v) is 27.3. The Hall–Kier alpha value is -14.1. The van der Waals surface area contributed by atoms with E-state index < -0.39 is 0 Å². The summed E-state index contributed by atoms with van der Waals surface area (Å²) in [7, 11) is 4.11. The van der Waals surface area contributed by atoms with Crippen molar-refractivity contribution in [1.29, 1.82) is 0 Å². The Balaban J connectivity index is 0.772. The van der Waals surface area contributed by atoms with Gasteiger partial charge >= 0.3 is 0 Å². The Kier molecular flexibility index (Phi) is 14.8. The fourth-order valence-electron chi connectivity index (χ4n) is 15.9. The monoisotopic (exact) mass is 1360 g/mol. The van der Waals surface area contributed by atoms with Gasteiger partial charge in [0.25, 0.3) is 0 Å².